The van der Waals surface area contributed by atoms with E-state index in [1.165, 1.54) is 6.42 Å². The van der Waals surface area contributed by atoms with Crippen LogP contribution in [0.2, 0.25) is 0 Å². The fourth-order valence-electron chi connectivity index (χ4n) is 2.37. The Hall–Kier alpha value is -1.40. The smallest absolute Gasteiger partial charge is 0.321 e. The molecule has 6 heteroatoms. The van der Waals surface area contributed by atoms with Gasteiger partial charge in [0, 0.05) is 10.9 Å². The van der Waals surface area contributed by atoms with Crippen LogP contribution >= 0.6 is 11.3 Å². The van der Waals surface area contributed by atoms with Gasteiger partial charge in [0.1, 0.15) is 0 Å². The molecule has 2 N–H and O–H groups in total. The Morgan fingerprint density at radius 1 is 1.45 bits per heavy atom. The fraction of sp³-hybridized carbons (Fsp3) is 0.571. The maximum absolute atomic E-state index is 11.8. The minimum atomic E-state index is -0.423. The van der Waals surface area contributed by atoms with Crippen LogP contribution in [-0.2, 0) is 11.3 Å². The van der Waals surface area contributed by atoms with Crippen molar-refractivity contribution < 1.29 is 9.59 Å². The van der Waals surface area contributed by atoms with Gasteiger partial charge in [-0.1, -0.05) is 12.5 Å². The number of piperidine rings is 1. The number of thiophene rings is 1. The maximum atomic E-state index is 11.8. The van der Waals surface area contributed by atoms with Gasteiger partial charge in [-0.15, -0.1) is 11.3 Å². The molecular formula is C14H21N3O2S. The highest BCUT2D eigenvalue weighted by Crippen LogP contribution is 2.15. The number of hydrogen-bond donors (Lipinski definition) is 2. The molecule has 0 aliphatic carbocycles. The van der Waals surface area contributed by atoms with Gasteiger partial charge in [0.15, 0.2) is 0 Å². The first-order valence-corrected chi connectivity index (χ1v) is 7.87. The molecular weight excluding hydrogens is 274 g/mol. The van der Waals surface area contributed by atoms with Gasteiger partial charge in [-0.05, 0) is 37.8 Å². The van der Waals surface area contributed by atoms with E-state index in [-0.39, 0.29) is 5.91 Å². The second-order valence-corrected chi connectivity index (χ2v) is 6.16. The van der Waals surface area contributed by atoms with Crippen molar-refractivity contribution in [2.45, 2.75) is 38.8 Å². The molecule has 2 rings (SSSR count). The molecule has 110 valence electrons. The third-order valence-electron chi connectivity index (χ3n) is 3.54. The van der Waals surface area contributed by atoms with E-state index in [4.69, 9.17) is 0 Å². The van der Waals surface area contributed by atoms with Crippen molar-refractivity contribution in [3.63, 3.8) is 0 Å². The highest BCUT2D eigenvalue weighted by molar-refractivity contribution is 7.09. The van der Waals surface area contributed by atoms with Crippen LogP contribution < -0.4 is 10.6 Å². The van der Waals surface area contributed by atoms with Gasteiger partial charge < -0.3 is 5.32 Å². The first-order valence-electron chi connectivity index (χ1n) is 6.99. The first-order chi connectivity index (χ1) is 9.65. The van der Waals surface area contributed by atoms with Gasteiger partial charge in [0.25, 0.3) is 0 Å². The highest BCUT2D eigenvalue weighted by atomic mass is 32.1. The summed E-state index contributed by atoms with van der Waals surface area (Å²) in [6, 6.07) is 3.88. The van der Waals surface area contributed by atoms with Crippen molar-refractivity contribution in [1.29, 1.82) is 0 Å². The van der Waals surface area contributed by atoms with Crippen LogP contribution in [0.1, 0.15) is 31.1 Å². The molecule has 1 fully saturated rings. The lowest BCUT2D eigenvalue weighted by atomic mass is 10.0. The number of carbonyl (C=O) groups is 2. The third kappa shape index (κ3) is 4.61. The van der Waals surface area contributed by atoms with Crippen LogP contribution in [0.3, 0.4) is 0 Å². The molecule has 1 saturated heterocycles. The topological polar surface area (TPSA) is 61.4 Å². The predicted molar refractivity (Wildman–Crippen MR) is 79.6 cm³/mol. The summed E-state index contributed by atoms with van der Waals surface area (Å²) in [5.74, 6) is -0.234. The number of imide groups is 1. The minimum absolute atomic E-state index is 0.234. The van der Waals surface area contributed by atoms with E-state index in [1.54, 1.807) is 11.3 Å². The molecule has 0 spiro atoms. The summed E-state index contributed by atoms with van der Waals surface area (Å²) < 4.78 is 0. The summed E-state index contributed by atoms with van der Waals surface area (Å²) in [5.41, 5.74) is 0. The number of nitrogens with zero attached hydrogens (tertiary/aromatic N) is 1. The molecule has 1 aliphatic heterocycles. The molecule has 1 aromatic rings. The highest BCUT2D eigenvalue weighted by Gasteiger charge is 2.21. The molecule has 0 saturated carbocycles. The van der Waals surface area contributed by atoms with Crippen molar-refractivity contribution in [2.75, 3.05) is 13.1 Å². The summed E-state index contributed by atoms with van der Waals surface area (Å²) in [5, 5.41) is 7.03. The number of amides is 3. The Labute approximate surface area is 123 Å². The second-order valence-electron chi connectivity index (χ2n) is 5.13. The zero-order valence-electron chi connectivity index (χ0n) is 11.7. The van der Waals surface area contributed by atoms with E-state index in [9.17, 15) is 9.59 Å². The van der Waals surface area contributed by atoms with Crippen LogP contribution in [0.5, 0.6) is 0 Å². The molecule has 5 nitrogen and oxygen atoms in total. The van der Waals surface area contributed by atoms with Gasteiger partial charge in [-0.3, -0.25) is 15.0 Å². The lowest BCUT2D eigenvalue weighted by molar-refractivity contribution is -0.122. The number of urea groups is 1. The average Bonchev–Trinajstić information content (AvgIpc) is 2.92. The van der Waals surface area contributed by atoms with Crippen LogP contribution in [-0.4, -0.2) is 36.0 Å². The van der Waals surface area contributed by atoms with E-state index in [2.05, 4.69) is 22.5 Å². The summed E-state index contributed by atoms with van der Waals surface area (Å²) in [4.78, 5) is 26.6. The predicted octanol–water partition coefficient (Wildman–Crippen LogP) is 1.95. The van der Waals surface area contributed by atoms with E-state index in [0.717, 1.165) is 24.3 Å². The SMILES string of the molecule is CC1CCCCN1CC(=O)NC(=O)NCc1cccs1. The number of rotatable bonds is 4. The molecule has 0 aromatic carbocycles. The van der Waals surface area contributed by atoms with Gasteiger partial charge in [0.2, 0.25) is 5.91 Å². The van der Waals surface area contributed by atoms with Gasteiger partial charge in [-0.25, -0.2) is 4.79 Å². The van der Waals surface area contributed by atoms with Gasteiger partial charge in [0.05, 0.1) is 13.1 Å². The standard InChI is InChI=1S/C14H21N3O2S/c1-11-5-2-3-7-17(11)10-13(18)16-14(19)15-9-12-6-4-8-20-12/h4,6,8,11H,2-3,5,7,9-10H2,1H3,(H2,15,16,18,19). The van der Waals surface area contributed by atoms with Crippen molar-refractivity contribution in [3.05, 3.63) is 22.4 Å². The molecule has 1 unspecified atom stereocenters. The summed E-state index contributed by atoms with van der Waals surface area (Å²) in [6.45, 7) is 3.82. The van der Waals surface area contributed by atoms with E-state index in [1.807, 2.05) is 17.5 Å². The fourth-order valence-corrected chi connectivity index (χ4v) is 3.01. The van der Waals surface area contributed by atoms with Crippen molar-refractivity contribution in [1.82, 2.24) is 15.5 Å². The van der Waals surface area contributed by atoms with Crippen LogP contribution in [0, 0.1) is 0 Å². The Morgan fingerprint density at radius 3 is 3.00 bits per heavy atom. The first kappa shape index (κ1) is 15.0. The lowest BCUT2D eigenvalue weighted by Crippen LogP contribution is -2.47. The minimum Gasteiger partial charge on any atom is -0.333 e. The zero-order valence-corrected chi connectivity index (χ0v) is 12.5. The Bertz CT molecular complexity index is 447. The molecule has 1 aliphatic rings. The normalized spacial score (nSPS) is 19.6. The number of carbonyl (C=O) groups excluding carboxylic acids is 2. The van der Waals surface area contributed by atoms with Crippen molar-refractivity contribution in [2.24, 2.45) is 0 Å². The summed E-state index contributed by atoms with van der Waals surface area (Å²) >= 11 is 1.58. The van der Waals surface area contributed by atoms with E-state index in [0.29, 0.717) is 19.1 Å². The molecule has 20 heavy (non-hydrogen) atoms. The Morgan fingerprint density at radius 2 is 2.30 bits per heavy atom. The Kier molecular flexibility index (Phi) is 5.55. The van der Waals surface area contributed by atoms with Crippen molar-refractivity contribution in [3.8, 4) is 0 Å². The average molecular weight is 295 g/mol. The molecule has 2 heterocycles. The molecule has 0 bridgehead atoms. The number of hydrogen-bond acceptors (Lipinski definition) is 4. The lowest BCUT2D eigenvalue weighted by Gasteiger charge is -2.32. The number of nitrogens with one attached hydrogen (secondary N) is 2. The molecule has 0 radical (unpaired) electrons. The van der Waals surface area contributed by atoms with Crippen LogP contribution in [0.4, 0.5) is 4.79 Å². The molecule has 1 aromatic heterocycles. The van der Waals surface area contributed by atoms with E-state index >= 15 is 0 Å². The maximum Gasteiger partial charge on any atom is 0.321 e. The Balaban J connectivity index is 1.69. The zero-order chi connectivity index (χ0) is 14.4. The molecule has 3 amide bonds. The monoisotopic (exact) mass is 295 g/mol. The van der Waals surface area contributed by atoms with Crippen LogP contribution in [0.25, 0.3) is 0 Å². The third-order valence-corrected chi connectivity index (χ3v) is 4.42. The van der Waals surface area contributed by atoms with Gasteiger partial charge >= 0.3 is 6.03 Å². The van der Waals surface area contributed by atoms with E-state index < -0.39 is 6.03 Å². The number of likely N-dealkylation sites (tertiary alicyclic amines) is 1. The van der Waals surface area contributed by atoms with Gasteiger partial charge in [-0.2, -0.15) is 0 Å². The van der Waals surface area contributed by atoms with Crippen LogP contribution in [0.15, 0.2) is 17.5 Å². The second kappa shape index (κ2) is 7.40. The van der Waals surface area contributed by atoms with Crippen molar-refractivity contribution >= 4 is 23.3 Å². The molecule has 1 atom stereocenters. The summed E-state index contributed by atoms with van der Waals surface area (Å²) in [6.07, 6.45) is 3.47. The summed E-state index contributed by atoms with van der Waals surface area (Å²) in [7, 11) is 0. The largest absolute Gasteiger partial charge is 0.333 e. The quantitative estimate of drug-likeness (QED) is 0.892.